The van der Waals surface area contributed by atoms with Crippen molar-refractivity contribution in [2.24, 2.45) is 5.73 Å². The maximum atomic E-state index is 5.64. The third kappa shape index (κ3) is 2.53. The van der Waals surface area contributed by atoms with Crippen molar-refractivity contribution in [3.05, 3.63) is 23.4 Å². The van der Waals surface area contributed by atoms with Crippen LogP contribution in [0.3, 0.4) is 0 Å². The Morgan fingerprint density at radius 3 is 2.44 bits per heavy atom. The topological polar surface area (TPSA) is 42.1 Å². The van der Waals surface area contributed by atoms with Crippen LogP contribution >= 0.6 is 0 Å². The van der Waals surface area contributed by atoms with E-state index in [4.69, 9.17) is 5.73 Å². The predicted molar refractivity (Wildman–Crippen MR) is 69.6 cm³/mol. The fourth-order valence-corrected chi connectivity index (χ4v) is 1.53. The molecule has 0 aliphatic rings. The SMILES string of the molecule is CCC(C)(C)N(C)c1ccc(CN)c(C)n1. The molecule has 0 saturated carbocycles. The Balaban J connectivity index is 3.02. The second kappa shape index (κ2) is 4.83. The van der Waals surface area contributed by atoms with Crippen molar-refractivity contribution in [1.29, 1.82) is 0 Å². The zero-order chi connectivity index (χ0) is 12.3. The van der Waals surface area contributed by atoms with Crippen molar-refractivity contribution in [2.75, 3.05) is 11.9 Å². The molecule has 3 heteroatoms. The van der Waals surface area contributed by atoms with Crippen LogP contribution in [0, 0.1) is 6.92 Å². The maximum Gasteiger partial charge on any atom is 0.128 e. The Bertz CT molecular complexity index is 358. The average molecular weight is 221 g/mol. The normalized spacial score (nSPS) is 11.6. The van der Waals surface area contributed by atoms with Crippen molar-refractivity contribution in [3.63, 3.8) is 0 Å². The largest absolute Gasteiger partial charge is 0.355 e. The molecule has 1 aromatic heterocycles. The van der Waals surface area contributed by atoms with Crippen molar-refractivity contribution < 1.29 is 0 Å². The number of anilines is 1. The minimum Gasteiger partial charge on any atom is -0.355 e. The Morgan fingerprint density at radius 1 is 1.38 bits per heavy atom. The van der Waals surface area contributed by atoms with Gasteiger partial charge in [-0.2, -0.15) is 0 Å². The molecule has 0 aromatic carbocycles. The monoisotopic (exact) mass is 221 g/mol. The summed E-state index contributed by atoms with van der Waals surface area (Å²) in [6.07, 6.45) is 1.09. The summed E-state index contributed by atoms with van der Waals surface area (Å²) >= 11 is 0. The number of nitrogens with zero attached hydrogens (tertiary/aromatic N) is 2. The smallest absolute Gasteiger partial charge is 0.128 e. The number of rotatable bonds is 4. The second-order valence-corrected chi connectivity index (χ2v) is 4.84. The van der Waals surface area contributed by atoms with E-state index in [1.54, 1.807) is 0 Å². The first-order valence-electron chi connectivity index (χ1n) is 5.82. The summed E-state index contributed by atoms with van der Waals surface area (Å²) in [6.45, 7) is 9.21. The molecule has 0 radical (unpaired) electrons. The lowest BCUT2D eigenvalue weighted by Crippen LogP contribution is -2.41. The molecular formula is C13H23N3. The molecule has 2 N–H and O–H groups in total. The molecule has 1 aromatic rings. The summed E-state index contributed by atoms with van der Waals surface area (Å²) in [4.78, 5) is 6.83. The van der Waals surface area contributed by atoms with E-state index in [1.165, 1.54) is 0 Å². The number of hydrogen-bond donors (Lipinski definition) is 1. The molecule has 0 aliphatic carbocycles. The van der Waals surface area contributed by atoms with Crippen molar-refractivity contribution in [3.8, 4) is 0 Å². The van der Waals surface area contributed by atoms with Crippen LogP contribution in [0.2, 0.25) is 0 Å². The molecule has 0 unspecified atom stereocenters. The van der Waals surface area contributed by atoms with Crippen molar-refractivity contribution in [1.82, 2.24) is 4.98 Å². The first kappa shape index (κ1) is 13.0. The fraction of sp³-hybridized carbons (Fsp3) is 0.615. The number of aromatic nitrogens is 1. The van der Waals surface area contributed by atoms with Crippen LogP contribution in [-0.4, -0.2) is 17.6 Å². The highest BCUT2D eigenvalue weighted by molar-refractivity contribution is 5.43. The number of pyridine rings is 1. The van der Waals surface area contributed by atoms with Gasteiger partial charge in [0.05, 0.1) is 0 Å². The number of aryl methyl sites for hydroxylation is 1. The van der Waals surface area contributed by atoms with Gasteiger partial charge in [0.1, 0.15) is 5.82 Å². The van der Waals surface area contributed by atoms with E-state index in [0.29, 0.717) is 6.54 Å². The Morgan fingerprint density at radius 2 is 2.00 bits per heavy atom. The zero-order valence-electron chi connectivity index (χ0n) is 11.0. The summed E-state index contributed by atoms with van der Waals surface area (Å²) in [7, 11) is 2.09. The van der Waals surface area contributed by atoms with Gasteiger partial charge in [-0.25, -0.2) is 4.98 Å². The lowest BCUT2D eigenvalue weighted by atomic mass is 10.00. The second-order valence-electron chi connectivity index (χ2n) is 4.84. The molecule has 0 saturated heterocycles. The van der Waals surface area contributed by atoms with Crippen LogP contribution in [-0.2, 0) is 6.54 Å². The highest BCUT2D eigenvalue weighted by Gasteiger charge is 2.22. The summed E-state index contributed by atoms with van der Waals surface area (Å²) in [5, 5.41) is 0. The minimum absolute atomic E-state index is 0.129. The van der Waals surface area contributed by atoms with Gasteiger partial charge >= 0.3 is 0 Å². The zero-order valence-corrected chi connectivity index (χ0v) is 11.0. The van der Waals surface area contributed by atoms with Crippen molar-refractivity contribution in [2.45, 2.75) is 46.2 Å². The third-order valence-electron chi connectivity index (χ3n) is 3.52. The Hall–Kier alpha value is -1.09. The first-order chi connectivity index (χ1) is 7.42. The van der Waals surface area contributed by atoms with Crippen molar-refractivity contribution >= 4 is 5.82 Å². The number of hydrogen-bond acceptors (Lipinski definition) is 3. The highest BCUT2D eigenvalue weighted by Crippen LogP contribution is 2.23. The first-order valence-corrected chi connectivity index (χ1v) is 5.82. The van der Waals surface area contributed by atoms with E-state index >= 15 is 0 Å². The Kier molecular flexibility index (Phi) is 3.92. The quantitative estimate of drug-likeness (QED) is 0.849. The van der Waals surface area contributed by atoms with Gasteiger partial charge in [0.2, 0.25) is 0 Å². The third-order valence-corrected chi connectivity index (χ3v) is 3.52. The van der Waals surface area contributed by atoms with Crippen LogP contribution < -0.4 is 10.6 Å². The summed E-state index contributed by atoms with van der Waals surface area (Å²) in [5.74, 6) is 1.02. The molecule has 16 heavy (non-hydrogen) atoms. The lowest BCUT2D eigenvalue weighted by Gasteiger charge is -2.36. The van der Waals surface area contributed by atoms with Crippen LogP contribution in [0.1, 0.15) is 38.4 Å². The minimum atomic E-state index is 0.129. The van der Waals surface area contributed by atoms with E-state index in [0.717, 1.165) is 23.5 Å². The van der Waals surface area contributed by atoms with Gasteiger partial charge in [-0.1, -0.05) is 13.0 Å². The molecule has 3 nitrogen and oxygen atoms in total. The number of nitrogens with two attached hydrogens (primary N) is 1. The van der Waals surface area contributed by atoms with Gasteiger partial charge < -0.3 is 10.6 Å². The van der Waals surface area contributed by atoms with E-state index in [9.17, 15) is 0 Å². The lowest BCUT2D eigenvalue weighted by molar-refractivity contribution is 0.467. The molecule has 1 rings (SSSR count). The predicted octanol–water partition coefficient (Wildman–Crippen LogP) is 2.47. The standard InChI is InChI=1S/C13H23N3/c1-6-13(3,4)16(5)12-8-7-11(9-14)10(2)15-12/h7-8H,6,9,14H2,1-5H3. The summed E-state index contributed by atoms with van der Waals surface area (Å²) in [6, 6.07) is 4.12. The van der Waals surface area contributed by atoms with E-state index in [1.807, 2.05) is 13.0 Å². The van der Waals surface area contributed by atoms with Crippen LogP contribution in [0.15, 0.2) is 12.1 Å². The molecule has 0 atom stereocenters. The molecule has 0 aliphatic heterocycles. The average Bonchev–Trinajstić information content (AvgIpc) is 2.27. The molecule has 0 bridgehead atoms. The van der Waals surface area contributed by atoms with Gasteiger partial charge in [-0.3, -0.25) is 0 Å². The maximum absolute atomic E-state index is 5.64. The molecule has 1 heterocycles. The van der Waals surface area contributed by atoms with Gasteiger partial charge in [-0.15, -0.1) is 0 Å². The molecule has 0 fully saturated rings. The molecular weight excluding hydrogens is 198 g/mol. The molecule has 0 amide bonds. The summed E-state index contributed by atoms with van der Waals surface area (Å²) in [5.41, 5.74) is 7.91. The molecule has 90 valence electrons. The van der Waals surface area contributed by atoms with E-state index < -0.39 is 0 Å². The Labute approximate surface area is 98.7 Å². The van der Waals surface area contributed by atoms with Gasteiger partial charge in [0.15, 0.2) is 0 Å². The highest BCUT2D eigenvalue weighted by atomic mass is 15.2. The fourth-order valence-electron chi connectivity index (χ4n) is 1.53. The van der Waals surface area contributed by atoms with E-state index in [-0.39, 0.29) is 5.54 Å². The van der Waals surface area contributed by atoms with Gasteiger partial charge in [0, 0.05) is 24.8 Å². The van der Waals surface area contributed by atoms with Crippen LogP contribution in [0.5, 0.6) is 0 Å². The molecule has 0 spiro atoms. The summed E-state index contributed by atoms with van der Waals surface area (Å²) < 4.78 is 0. The van der Waals surface area contributed by atoms with Crippen LogP contribution in [0.25, 0.3) is 0 Å². The van der Waals surface area contributed by atoms with Crippen LogP contribution in [0.4, 0.5) is 5.82 Å². The van der Waals surface area contributed by atoms with Gasteiger partial charge in [0.25, 0.3) is 0 Å². The van der Waals surface area contributed by atoms with E-state index in [2.05, 4.69) is 43.8 Å². The van der Waals surface area contributed by atoms with Gasteiger partial charge in [-0.05, 0) is 38.8 Å².